The summed E-state index contributed by atoms with van der Waals surface area (Å²) in [6.07, 6.45) is 2.05. The van der Waals surface area contributed by atoms with Gasteiger partial charge in [-0.15, -0.1) is 6.58 Å². The number of alkyl carbamates (subject to hydrolysis) is 1. The maximum atomic E-state index is 12.1. The van der Waals surface area contributed by atoms with Crippen LogP contribution in [0.1, 0.15) is 39.2 Å². The van der Waals surface area contributed by atoms with Gasteiger partial charge in [-0.3, -0.25) is 0 Å². The Balaban J connectivity index is 2.56. The Morgan fingerprint density at radius 3 is 2.48 bits per heavy atom. The van der Waals surface area contributed by atoms with E-state index in [1.807, 2.05) is 30.3 Å². The van der Waals surface area contributed by atoms with Gasteiger partial charge >= 0.3 is 12.1 Å². The van der Waals surface area contributed by atoms with Gasteiger partial charge in [0.2, 0.25) is 0 Å². The number of nitrogens with one attached hydrogen (secondary N) is 1. The Hall–Kier alpha value is -2.30. The molecule has 0 aliphatic carbocycles. The predicted octanol–water partition coefficient (Wildman–Crippen LogP) is 3.59. The molecule has 0 saturated carbocycles. The molecule has 1 atom stereocenters. The maximum absolute atomic E-state index is 12.1. The van der Waals surface area contributed by atoms with Crippen LogP contribution in [0.2, 0.25) is 0 Å². The molecular formula is C18H25NO4. The highest BCUT2D eigenvalue weighted by Crippen LogP contribution is 2.11. The molecule has 5 nitrogen and oxygen atoms in total. The second-order valence-electron chi connectivity index (χ2n) is 6.16. The second-order valence-corrected chi connectivity index (χ2v) is 6.16. The van der Waals surface area contributed by atoms with Crippen LogP contribution in [0.5, 0.6) is 0 Å². The first-order valence-corrected chi connectivity index (χ1v) is 7.63. The van der Waals surface area contributed by atoms with Gasteiger partial charge in [-0.05, 0) is 39.2 Å². The van der Waals surface area contributed by atoms with Gasteiger partial charge in [-0.2, -0.15) is 0 Å². The average Bonchev–Trinajstić information content (AvgIpc) is 2.48. The van der Waals surface area contributed by atoms with Gasteiger partial charge in [0, 0.05) is 0 Å². The molecule has 1 amide bonds. The Kier molecular flexibility index (Phi) is 7.32. The zero-order valence-electron chi connectivity index (χ0n) is 14.0. The van der Waals surface area contributed by atoms with Crippen molar-refractivity contribution in [2.75, 3.05) is 0 Å². The van der Waals surface area contributed by atoms with Gasteiger partial charge < -0.3 is 14.8 Å². The smallest absolute Gasteiger partial charge is 0.408 e. The summed E-state index contributed by atoms with van der Waals surface area (Å²) in [5.41, 5.74) is 0.265. The monoisotopic (exact) mass is 319 g/mol. The first-order valence-electron chi connectivity index (χ1n) is 7.63. The number of benzene rings is 1. The molecule has 0 aromatic heterocycles. The summed E-state index contributed by atoms with van der Waals surface area (Å²) >= 11 is 0. The molecule has 0 aliphatic heterocycles. The van der Waals surface area contributed by atoms with Crippen LogP contribution in [0, 0.1) is 0 Å². The lowest BCUT2D eigenvalue weighted by Crippen LogP contribution is -2.44. The lowest BCUT2D eigenvalue weighted by Gasteiger charge is -2.24. The molecule has 5 heteroatoms. The van der Waals surface area contributed by atoms with E-state index < -0.39 is 23.7 Å². The Bertz CT molecular complexity index is 520. The van der Waals surface area contributed by atoms with Gasteiger partial charge in [0.25, 0.3) is 0 Å². The first-order chi connectivity index (χ1) is 10.8. The standard InChI is InChI=1S/C18H25NO4/c1-5-6-12-15(16(20)23-18(2,3)4)19-17(21)22-13-14-10-8-7-9-11-14/h5,7-11,15H,1,6,12-13H2,2-4H3,(H,19,21)/t15-/m0/s1. The molecule has 1 aromatic carbocycles. The Morgan fingerprint density at radius 1 is 1.26 bits per heavy atom. The molecule has 0 fully saturated rings. The molecular weight excluding hydrogens is 294 g/mol. The third kappa shape index (κ3) is 8.04. The zero-order valence-corrected chi connectivity index (χ0v) is 14.0. The van der Waals surface area contributed by atoms with Crippen molar-refractivity contribution in [2.24, 2.45) is 0 Å². The fraction of sp³-hybridized carbons (Fsp3) is 0.444. The molecule has 0 saturated heterocycles. The van der Waals surface area contributed by atoms with Crippen LogP contribution in [-0.4, -0.2) is 23.7 Å². The summed E-state index contributed by atoms with van der Waals surface area (Å²) in [5, 5.41) is 2.56. The second kappa shape index (κ2) is 8.98. The number of esters is 1. The van der Waals surface area contributed by atoms with Crippen LogP contribution >= 0.6 is 0 Å². The largest absolute Gasteiger partial charge is 0.458 e. The summed E-state index contributed by atoms with van der Waals surface area (Å²) in [7, 11) is 0. The van der Waals surface area contributed by atoms with Crippen molar-refractivity contribution in [3.8, 4) is 0 Å². The van der Waals surface area contributed by atoms with Crippen molar-refractivity contribution in [1.29, 1.82) is 0 Å². The number of carbonyl (C=O) groups is 2. The lowest BCUT2D eigenvalue weighted by molar-refractivity contribution is -0.157. The molecule has 0 unspecified atom stereocenters. The summed E-state index contributed by atoms with van der Waals surface area (Å²) in [6.45, 7) is 9.12. The van der Waals surface area contributed by atoms with E-state index in [1.54, 1.807) is 26.8 Å². The van der Waals surface area contributed by atoms with Crippen molar-refractivity contribution < 1.29 is 19.1 Å². The summed E-state index contributed by atoms with van der Waals surface area (Å²) in [5.74, 6) is -0.476. The van der Waals surface area contributed by atoms with Gasteiger partial charge in [0.05, 0.1) is 0 Å². The normalized spacial score (nSPS) is 12.1. The highest BCUT2D eigenvalue weighted by molar-refractivity contribution is 5.81. The number of carbonyl (C=O) groups excluding carboxylic acids is 2. The fourth-order valence-electron chi connectivity index (χ4n) is 1.81. The molecule has 1 rings (SSSR count). The Labute approximate surface area is 137 Å². The number of allylic oxidation sites excluding steroid dienone is 1. The predicted molar refractivity (Wildman–Crippen MR) is 88.8 cm³/mol. The SMILES string of the molecule is C=CCC[C@H](NC(=O)OCc1ccccc1)C(=O)OC(C)(C)C. The van der Waals surface area contributed by atoms with Crippen molar-refractivity contribution in [1.82, 2.24) is 5.32 Å². The highest BCUT2D eigenvalue weighted by Gasteiger charge is 2.26. The Morgan fingerprint density at radius 2 is 1.91 bits per heavy atom. The third-order valence-corrected chi connectivity index (χ3v) is 2.86. The van der Waals surface area contributed by atoms with Gasteiger partial charge in [-0.25, -0.2) is 9.59 Å². The van der Waals surface area contributed by atoms with Crippen molar-refractivity contribution in [2.45, 2.75) is 51.9 Å². The third-order valence-electron chi connectivity index (χ3n) is 2.86. The van der Waals surface area contributed by atoms with E-state index in [0.717, 1.165) is 5.56 Å². The average molecular weight is 319 g/mol. The zero-order chi connectivity index (χ0) is 17.3. The highest BCUT2D eigenvalue weighted by atomic mass is 16.6. The first kappa shape index (κ1) is 18.7. The minimum absolute atomic E-state index is 0.148. The van der Waals surface area contributed by atoms with Crippen LogP contribution in [0.25, 0.3) is 0 Å². The van der Waals surface area contributed by atoms with Crippen LogP contribution < -0.4 is 5.32 Å². The van der Waals surface area contributed by atoms with E-state index in [2.05, 4.69) is 11.9 Å². The molecule has 0 bridgehead atoms. The number of hydrogen-bond acceptors (Lipinski definition) is 4. The van der Waals surface area contributed by atoms with Crippen LogP contribution in [0.3, 0.4) is 0 Å². The van der Waals surface area contributed by atoms with Gasteiger partial charge in [0.15, 0.2) is 0 Å². The van der Waals surface area contributed by atoms with Crippen LogP contribution in [0.4, 0.5) is 4.79 Å². The molecule has 23 heavy (non-hydrogen) atoms. The number of amides is 1. The summed E-state index contributed by atoms with van der Waals surface area (Å²) in [6, 6.07) is 8.58. The van der Waals surface area contributed by atoms with Crippen LogP contribution in [-0.2, 0) is 20.9 Å². The number of hydrogen-bond donors (Lipinski definition) is 1. The van der Waals surface area contributed by atoms with E-state index in [1.165, 1.54) is 0 Å². The van der Waals surface area contributed by atoms with E-state index in [0.29, 0.717) is 12.8 Å². The van der Waals surface area contributed by atoms with E-state index in [-0.39, 0.29) is 6.61 Å². The molecule has 0 spiro atoms. The summed E-state index contributed by atoms with van der Waals surface area (Å²) < 4.78 is 10.5. The molecule has 0 radical (unpaired) electrons. The molecule has 1 aromatic rings. The molecule has 0 heterocycles. The van der Waals surface area contributed by atoms with E-state index in [9.17, 15) is 9.59 Å². The number of ether oxygens (including phenoxy) is 2. The van der Waals surface area contributed by atoms with Crippen molar-refractivity contribution >= 4 is 12.1 Å². The summed E-state index contributed by atoms with van der Waals surface area (Å²) in [4.78, 5) is 24.0. The molecule has 0 aliphatic rings. The maximum Gasteiger partial charge on any atom is 0.408 e. The quantitative estimate of drug-likeness (QED) is 0.616. The van der Waals surface area contributed by atoms with E-state index >= 15 is 0 Å². The lowest BCUT2D eigenvalue weighted by atomic mass is 10.1. The molecule has 126 valence electrons. The minimum atomic E-state index is -0.754. The van der Waals surface area contributed by atoms with Gasteiger partial charge in [-0.1, -0.05) is 36.4 Å². The van der Waals surface area contributed by atoms with E-state index in [4.69, 9.17) is 9.47 Å². The van der Waals surface area contributed by atoms with Crippen molar-refractivity contribution in [3.63, 3.8) is 0 Å². The van der Waals surface area contributed by atoms with Gasteiger partial charge in [0.1, 0.15) is 18.2 Å². The molecule has 1 N–H and O–H groups in total. The fourth-order valence-corrected chi connectivity index (χ4v) is 1.81. The van der Waals surface area contributed by atoms with Crippen LogP contribution in [0.15, 0.2) is 43.0 Å². The number of rotatable bonds is 7. The minimum Gasteiger partial charge on any atom is -0.458 e. The van der Waals surface area contributed by atoms with Crippen molar-refractivity contribution in [3.05, 3.63) is 48.6 Å². The topological polar surface area (TPSA) is 64.6 Å².